The highest BCUT2D eigenvalue weighted by atomic mass is 16.6. The fourth-order valence-corrected chi connectivity index (χ4v) is 7.18. The van der Waals surface area contributed by atoms with Crippen molar-refractivity contribution in [2.75, 3.05) is 41.0 Å². The summed E-state index contributed by atoms with van der Waals surface area (Å²) in [5, 5.41) is 11.6. The Balaban J connectivity index is 4.27. The van der Waals surface area contributed by atoms with Crippen LogP contribution in [0, 0.1) is 0 Å². The molecule has 0 radical (unpaired) electrons. The molecule has 8 nitrogen and oxygen atoms in total. The second-order valence-corrected chi connectivity index (χ2v) is 17.7. The lowest BCUT2D eigenvalue weighted by molar-refractivity contribution is -0.889. The van der Waals surface area contributed by atoms with Crippen molar-refractivity contribution in [3.8, 4) is 0 Å². The van der Waals surface area contributed by atoms with Crippen LogP contribution in [0.3, 0.4) is 0 Å². The number of carbonyl (C=O) groups excluding carboxylic acids is 3. The molecule has 0 aliphatic heterocycles. The average Bonchev–Trinajstić information content (AvgIpc) is 3.21. The summed E-state index contributed by atoms with van der Waals surface area (Å²) in [6, 6.07) is -0.727. The molecule has 0 saturated carbocycles. The van der Waals surface area contributed by atoms with E-state index in [0.717, 1.165) is 70.6 Å². The van der Waals surface area contributed by atoms with Gasteiger partial charge in [0.25, 0.3) is 0 Å². The van der Waals surface area contributed by atoms with E-state index in [4.69, 9.17) is 14.2 Å². The van der Waals surface area contributed by atoms with Gasteiger partial charge < -0.3 is 28.6 Å². The number of allylic oxidation sites excluding steroid dienone is 8. The highest BCUT2D eigenvalue weighted by Crippen LogP contribution is 2.16. The van der Waals surface area contributed by atoms with Crippen LogP contribution in [0.2, 0.25) is 0 Å². The number of nitrogens with zero attached hydrogens (tertiary/aromatic N) is 1. The lowest BCUT2D eigenvalue weighted by Gasteiger charge is -2.34. The topological polar surface area (TPSA) is 102 Å². The van der Waals surface area contributed by atoms with Gasteiger partial charge in [-0.3, -0.25) is 9.59 Å². The summed E-state index contributed by atoms with van der Waals surface area (Å²) in [5.74, 6) is -1.74. The molecular formula is C52H93NO7. The molecule has 0 N–H and O–H groups in total. The summed E-state index contributed by atoms with van der Waals surface area (Å²) in [6.07, 6.45) is 51.3. The second kappa shape index (κ2) is 43.0. The molecule has 0 aromatic rings. The number of hydrogen-bond donors (Lipinski definition) is 0. The Morgan fingerprint density at radius 3 is 1.38 bits per heavy atom. The molecule has 2 unspecified atom stereocenters. The maximum Gasteiger partial charge on any atom is 0.306 e. The number of hydrogen-bond acceptors (Lipinski definition) is 7. The number of carboxylic acids is 1. The fraction of sp³-hybridized carbons (Fsp3) is 0.788. The van der Waals surface area contributed by atoms with Gasteiger partial charge in [0.1, 0.15) is 12.6 Å². The minimum Gasteiger partial charge on any atom is -0.544 e. The number of quaternary nitrogens is 1. The minimum absolute atomic E-state index is 0.0389. The summed E-state index contributed by atoms with van der Waals surface area (Å²) in [5.41, 5.74) is 0. The van der Waals surface area contributed by atoms with Crippen LogP contribution in [0.4, 0.5) is 0 Å². The van der Waals surface area contributed by atoms with Crippen LogP contribution >= 0.6 is 0 Å². The predicted octanol–water partition coefficient (Wildman–Crippen LogP) is 12.6. The second-order valence-electron chi connectivity index (χ2n) is 17.7. The number of rotatable bonds is 44. The molecule has 0 aliphatic carbocycles. The normalized spacial score (nSPS) is 13.3. The standard InChI is InChI=1S/C52H93NO7/c1-6-8-10-12-14-16-18-20-22-24-25-26-27-29-30-32-34-36-38-40-42-50(54)59-47-48(46-58-45-44-49(52(56)57)53(3,4)5)60-51(55)43-41-39-37-35-33-31-28-23-21-19-17-15-13-11-9-7-2/h8,10,14,16,20,22,25-26,48-49H,6-7,9,11-13,15,17-19,21,23-24,27-47H2,1-5H3/b10-8+,16-14+,22-20+,26-25+. The Bertz CT molecular complexity index is 1120. The Morgan fingerprint density at radius 2 is 0.933 bits per heavy atom. The van der Waals surface area contributed by atoms with Crippen LogP contribution in [0.5, 0.6) is 0 Å². The zero-order chi connectivity index (χ0) is 44.2. The summed E-state index contributed by atoms with van der Waals surface area (Å²) in [6.45, 7) is 4.56. The first-order valence-electron chi connectivity index (χ1n) is 24.7. The number of aliphatic carboxylic acids is 1. The third kappa shape index (κ3) is 40.7. The predicted molar refractivity (Wildman–Crippen MR) is 250 cm³/mol. The number of esters is 2. The van der Waals surface area contributed by atoms with Gasteiger partial charge in [-0.05, 0) is 51.4 Å². The van der Waals surface area contributed by atoms with E-state index in [9.17, 15) is 19.5 Å². The quantitative estimate of drug-likeness (QED) is 0.0260. The van der Waals surface area contributed by atoms with E-state index in [1.807, 2.05) is 0 Å². The molecule has 0 heterocycles. The van der Waals surface area contributed by atoms with Crippen molar-refractivity contribution < 1.29 is 38.2 Å². The lowest BCUT2D eigenvalue weighted by Crippen LogP contribution is -2.55. The molecule has 2 atom stereocenters. The van der Waals surface area contributed by atoms with Gasteiger partial charge in [0, 0.05) is 19.3 Å². The third-order valence-electron chi connectivity index (χ3n) is 11.0. The third-order valence-corrected chi connectivity index (χ3v) is 11.0. The SMILES string of the molecule is CC/C=C/C/C=C/C/C=C/C/C=C/CCCCCCCCCC(=O)OCC(COCCC(C(=O)[O-])[N+](C)(C)C)OC(=O)CCCCCCCCCCCCCCCCCC. The largest absolute Gasteiger partial charge is 0.544 e. The first-order valence-corrected chi connectivity index (χ1v) is 24.7. The maximum absolute atomic E-state index is 12.8. The number of carbonyl (C=O) groups is 3. The van der Waals surface area contributed by atoms with Gasteiger partial charge in [-0.15, -0.1) is 0 Å². The highest BCUT2D eigenvalue weighted by molar-refractivity contribution is 5.70. The molecular weight excluding hydrogens is 751 g/mol. The summed E-state index contributed by atoms with van der Waals surface area (Å²) in [4.78, 5) is 37.0. The van der Waals surface area contributed by atoms with E-state index < -0.39 is 18.1 Å². The van der Waals surface area contributed by atoms with Crippen molar-refractivity contribution in [3.63, 3.8) is 0 Å². The lowest BCUT2D eigenvalue weighted by atomic mass is 10.0. The molecule has 0 fully saturated rings. The Morgan fingerprint density at radius 1 is 0.517 bits per heavy atom. The van der Waals surface area contributed by atoms with Crippen molar-refractivity contribution >= 4 is 17.9 Å². The van der Waals surface area contributed by atoms with Crippen LogP contribution in [-0.4, -0.2) is 75.5 Å². The van der Waals surface area contributed by atoms with Crippen molar-refractivity contribution in [2.45, 2.75) is 225 Å². The summed E-state index contributed by atoms with van der Waals surface area (Å²) in [7, 11) is 5.41. The van der Waals surface area contributed by atoms with Crippen LogP contribution in [0.15, 0.2) is 48.6 Å². The number of likely N-dealkylation sites (N-methyl/N-ethyl adjacent to an activating group) is 1. The number of ether oxygens (including phenoxy) is 3. The van der Waals surface area contributed by atoms with Crippen molar-refractivity contribution in [1.82, 2.24) is 0 Å². The monoisotopic (exact) mass is 844 g/mol. The van der Waals surface area contributed by atoms with Gasteiger partial charge in [0.15, 0.2) is 6.10 Å². The van der Waals surface area contributed by atoms with Gasteiger partial charge in [0.05, 0.1) is 40.3 Å². The highest BCUT2D eigenvalue weighted by Gasteiger charge is 2.25. The van der Waals surface area contributed by atoms with Crippen molar-refractivity contribution in [3.05, 3.63) is 48.6 Å². The zero-order valence-electron chi connectivity index (χ0n) is 39.6. The molecule has 0 aromatic carbocycles. The van der Waals surface area contributed by atoms with Gasteiger partial charge in [-0.2, -0.15) is 0 Å². The van der Waals surface area contributed by atoms with Crippen LogP contribution < -0.4 is 5.11 Å². The summed E-state index contributed by atoms with van der Waals surface area (Å²) < 4.78 is 17.2. The molecule has 0 saturated heterocycles. The van der Waals surface area contributed by atoms with Crippen LogP contribution in [-0.2, 0) is 28.6 Å². The van der Waals surface area contributed by atoms with E-state index in [1.54, 1.807) is 21.1 Å². The fourth-order valence-electron chi connectivity index (χ4n) is 7.18. The number of unbranched alkanes of at least 4 members (excludes halogenated alkanes) is 22. The maximum atomic E-state index is 12.8. The molecule has 0 bridgehead atoms. The van der Waals surface area contributed by atoms with Crippen molar-refractivity contribution in [2.24, 2.45) is 0 Å². The molecule has 0 amide bonds. The molecule has 8 heteroatoms. The van der Waals surface area contributed by atoms with E-state index in [-0.39, 0.29) is 42.7 Å². The van der Waals surface area contributed by atoms with E-state index in [0.29, 0.717) is 12.8 Å². The van der Waals surface area contributed by atoms with Gasteiger partial charge in [-0.25, -0.2) is 0 Å². The first-order chi connectivity index (χ1) is 29.1. The average molecular weight is 844 g/mol. The zero-order valence-corrected chi connectivity index (χ0v) is 39.6. The van der Waals surface area contributed by atoms with E-state index in [1.165, 1.54) is 109 Å². The minimum atomic E-state index is -1.13. The first kappa shape index (κ1) is 57.3. The van der Waals surface area contributed by atoms with Gasteiger partial charge in [0.2, 0.25) is 0 Å². The van der Waals surface area contributed by atoms with E-state index >= 15 is 0 Å². The Kier molecular flexibility index (Phi) is 41.0. The van der Waals surface area contributed by atoms with E-state index in [2.05, 4.69) is 62.5 Å². The van der Waals surface area contributed by atoms with Crippen LogP contribution in [0.25, 0.3) is 0 Å². The molecule has 60 heavy (non-hydrogen) atoms. The summed E-state index contributed by atoms with van der Waals surface area (Å²) >= 11 is 0. The smallest absolute Gasteiger partial charge is 0.306 e. The Labute approximate surface area is 369 Å². The molecule has 0 spiro atoms. The number of carboxylic acid groups (broad SMARTS) is 1. The van der Waals surface area contributed by atoms with Crippen molar-refractivity contribution in [1.29, 1.82) is 0 Å². The molecule has 0 aromatic heterocycles. The molecule has 348 valence electrons. The van der Waals surface area contributed by atoms with Gasteiger partial charge in [-0.1, -0.05) is 191 Å². The Hall–Kier alpha value is -2.71. The van der Waals surface area contributed by atoms with Crippen LogP contribution in [0.1, 0.15) is 213 Å². The molecule has 0 rings (SSSR count). The van der Waals surface area contributed by atoms with Gasteiger partial charge >= 0.3 is 11.9 Å². The molecule has 0 aliphatic rings.